The number of ether oxygens (including phenoxy) is 1. The van der Waals surface area contributed by atoms with Gasteiger partial charge in [-0.05, 0) is 30.7 Å². The van der Waals surface area contributed by atoms with E-state index in [0.717, 1.165) is 0 Å². The lowest BCUT2D eigenvalue weighted by atomic mass is 10.2. The highest BCUT2D eigenvalue weighted by Gasteiger charge is 2.11. The lowest BCUT2D eigenvalue weighted by molar-refractivity contribution is 0.358. The van der Waals surface area contributed by atoms with Crippen LogP contribution in [0.3, 0.4) is 0 Å². The maximum absolute atomic E-state index is 11.1. The van der Waals surface area contributed by atoms with Crippen molar-refractivity contribution in [2.24, 2.45) is 0 Å². The second-order valence-corrected chi connectivity index (χ2v) is 6.86. The predicted octanol–water partition coefficient (Wildman–Crippen LogP) is 3.21. The molecule has 0 saturated carbocycles. The van der Waals surface area contributed by atoms with E-state index in [9.17, 15) is 8.42 Å². The molecule has 3 nitrogen and oxygen atoms in total. The fourth-order valence-electron chi connectivity index (χ4n) is 1.09. The molecule has 0 amide bonds. The monoisotopic (exact) mass is 324 g/mol. The van der Waals surface area contributed by atoms with E-state index >= 15 is 0 Å². The van der Waals surface area contributed by atoms with E-state index in [-0.39, 0.29) is 4.90 Å². The zero-order valence-corrected chi connectivity index (χ0v) is 11.7. The van der Waals surface area contributed by atoms with Gasteiger partial charge >= 0.3 is 0 Å². The second-order valence-electron chi connectivity index (χ2n) is 3.17. The zero-order valence-electron chi connectivity index (χ0n) is 8.54. The van der Waals surface area contributed by atoms with Crippen LogP contribution >= 0.6 is 26.6 Å². The molecule has 0 fully saturated rings. The summed E-state index contributed by atoms with van der Waals surface area (Å²) in [5.74, 6) is 0.602. The summed E-state index contributed by atoms with van der Waals surface area (Å²) in [7, 11) is 1.54. The third-order valence-electron chi connectivity index (χ3n) is 1.81. The van der Waals surface area contributed by atoms with Crippen LogP contribution in [0.2, 0.25) is 0 Å². The Kier molecular flexibility index (Phi) is 4.41. The van der Waals surface area contributed by atoms with Gasteiger partial charge in [0.2, 0.25) is 0 Å². The molecule has 88 valence electrons. The summed E-state index contributed by atoms with van der Waals surface area (Å²) in [5.41, 5.74) is 0.704. The van der Waals surface area contributed by atoms with E-state index in [4.69, 9.17) is 15.4 Å². The van der Waals surface area contributed by atoms with Crippen molar-refractivity contribution in [2.45, 2.75) is 11.8 Å². The Morgan fingerprint density at radius 3 is 2.62 bits per heavy atom. The summed E-state index contributed by atoms with van der Waals surface area (Å²) in [6.45, 7) is 5.71. The van der Waals surface area contributed by atoms with Crippen molar-refractivity contribution in [3.05, 3.63) is 34.8 Å². The average Bonchev–Trinajstić information content (AvgIpc) is 2.14. The molecule has 0 saturated heterocycles. The SMILES string of the molecule is C=C(Br)COc1ccc(S(=O)(=O)Cl)cc1C. The maximum atomic E-state index is 11.1. The Morgan fingerprint density at radius 2 is 2.19 bits per heavy atom. The minimum Gasteiger partial charge on any atom is -0.488 e. The van der Waals surface area contributed by atoms with Crippen molar-refractivity contribution in [2.75, 3.05) is 6.61 Å². The quantitative estimate of drug-likeness (QED) is 0.798. The molecule has 0 radical (unpaired) electrons. The van der Waals surface area contributed by atoms with E-state index in [1.54, 1.807) is 13.0 Å². The number of halogens is 2. The Labute approximate surface area is 108 Å². The summed E-state index contributed by atoms with van der Waals surface area (Å²) < 4.78 is 28.2. The molecule has 0 atom stereocenters. The molecule has 16 heavy (non-hydrogen) atoms. The van der Waals surface area contributed by atoms with Gasteiger partial charge in [0.15, 0.2) is 0 Å². The first-order valence-electron chi connectivity index (χ1n) is 4.32. The van der Waals surface area contributed by atoms with Gasteiger partial charge in [-0.2, -0.15) is 0 Å². The van der Waals surface area contributed by atoms with Crippen LogP contribution in [0.15, 0.2) is 34.2 Å². The van der Waals surface area contributed by atoms with Crippen LogP contribution in [0.25, 0.3) is 0 Å². The molecular weight excluding hydrogens is 316 g/mol. The van der Waals surface area contributed by atoms with Gasteiger partial charge in [-0.15, -0.1) is 0 Å². The lowest BCUT2D eigenvalue weighted by Gasteiger charge is -2.08. The normalized spacial score (nSPS) is 11.2. The van der Waals surface area contributed by atoms with Gasteiger partial charge in [-0.25, -0.2) is 8.42 Å². The van der Waals surface area contributed by atoms with Crippen LogP contribution in [0, 0.1) is 6.92 Å². The third-order valence-corrected chi connectivity index (χ3v) is 3.39. The summed E-state index contributed by atoms with van der Waals surface area (Å²) >= 11 is 3.17. The van der Waals surface area contributed by atoms with Crippen molar-refractivity contribution in [1.29, 1.82) is 0 Å². The summed E-state index contributed by atoms with van der Waals surface area (Å²) in [4.78, 5) is 0.0664. The molecule has 0 aliphatic rings. The summed E-state index contributed by atoms with van der Waals surface area (Å²) in [5, 5.41) is 0. The van der Waals surface area contributed by atoms with Gasteiger partial charge in [0.1, 0.15) is 12.4 Å². The molecule has 6 heteroatoms. The first-order chi connectivity index (χ1) is 7.30. The smallest absolute Gasteiger partial charge is 0.261 e. The van der Waals surface area contributed by atoms with Crippen LogP contribution < -0.4 is 4.74 Å². The van der Waals surface area contributed by atoms with Crippen LogP contribution in [0.4, 0.5) is 0 Å². The zero-order chi connectivity index (χ0) is 12.3. The first-order valence-corrected chi connectivity index (χ1v) is 7.42. The molecular formula is C10H10BrClO3S. The number of benzene rings is 1. The Hall–Kier alpha value is -0.520. The van der Waals surface area contributed by atoms with Crippen molar-refractivity contribution in [3.8, 4) is 5.75 Å². The van der Waals surface area contributed by atoms with Crippen molar-refractivity contribution < 1.29 is 13.2 Å². The number of aryl methyl sites for hydroxylation is 1. The predicted molar refractivity (Wildman–Crippen MR) is 67.8 cm³/mol. The standard InChI is InChI=1S/C10H10BrClO3S/c1-7-5-9(16(12,13)14)3-4-10(7)15-6-8(2)11/h3-5H,2,6H2,1H3. The molecule has 0 aromatic heterocycles. The highest BCUT2D eigenvalue weighted by molar-refractivity contribution is 9.11. The van der Waals surface area contributed by atoms with E-state index in [1.807, 2.05) is 0 Å². The summed E-state index contributed by atoms with van der Waals surface area (Å²) in [6, 6.07) is 4.44. The van der Waals surface area contributed by atoms with Crippen LogP contribution in [-0.2, 0) is 9.05 Å². The Balaban J connectivity index is 2.96. The molecule has 1 aromatic rings. The average molecular weight is 326 g/mol. The molecule has 0 aliphatic heterocycles. The van der Waals surface area contributed by atoms with Crippen LogP contribution in [-0.4, -0.2) is 15.0 Å². The number of hydrogen-bond acceptors (Lipinski definition) is 3. The largest absolute Gasteiger partial charge is 0.488 e. The van der Waals surface area contributed by atoms with Gasteiger partial charge in [-0.3, -0.25) is 0 Å². The van der Waals surface area contributed by atoms with E-state index in [0.29, 0.717) is 22.4 Å². The van der Waals surface area contributed by atoms with E-state index < -0.39 is 9.05 Å². The first kappa shape index (κ1) is 13.5. The third kappa shape index (κ3) is 3.81. The van der Waals surface area contributed by atoms with Crippen molar-refractivity contribution >= 4 is 35.7 Å². The minimum atomic E-state index is -3.68. The molecule has 0 aliphatic carbocycles. The van der Waals surface area contributed by atoms with Crippen molar-refractivity contribution in [1.82, 2.24) is 0 Å². The fourth-order valence-corrected chi connectivity index (χ4v) is 2.04. The number of rotatable bonds is 4. The Morgan fingerprint density at radius 1 is 1.56 bits per heavy atom. The topological polar surface area (TPSA) is 43.4 Å². The Bertz CT molecular complexity index is 511. The summed E-state index contributed by atoms with van der Waals surface area (Å²) in [6.07, 6.45) is 0. The van der Waals surface area contributed by atoms with Gasteiger partial charge in [0.05, 0.1) is 4.90 Å². The lowest BCUT2D eigenvalue weighted by Crippen LogP contribution is -1.99. The van der Waals surface area contributed by atoms with E-state index in [1.165, 1.54) is 12.1 Å². The molecule has 1 aromatic carbocycles. The fraction of sp³-hybridized carbons (Fsp3) is 0.200. The molecule has 0 unspecified atom stereocenters. The minimum absolute atomic E-state index is 0.0664. The van der Waals surface area contributed by atoms with Gasteiger partial charge in [0, 0.05) is 15.2 Å². The molecule has 0 heterocycles. The van der Waals surface area contributed by atoms with Crippen LogP contribution in [0.5, 0.6) is 5.75 Å². The highest BCUT2D eigenvalue weighted by atomic mass is 79.9. The molecule has 0 bridgehead atoms. The van der Waals surface area contributed by atoms with Gasteiger partial charge in [0.25, 0.3) is 9.05 Å². The van der Waals surface area contributed by atoms with Gasteiger partial charge < -0.3 is 4.74 Å². The van der Waals surface area contributed by atoms with E-state index in [2.05, 4.69) is 22.5 Å². The molecule has 1 rings (SSSR count). The molecule has 0 spiro atoms. The maximum Gasteiger partial charge on any atom is 0.261 e. The molecule has 0 N–H and O–H groups in total. The highest BCUT2D eigenvalue weighted by Crippen LogP contribution is 2.24. The number of hydrogen-bond donors (Lipinski definition) is 0. The van der Waals surface area contributed by atoms with Crippen molar-refractivity contribution in [3.63, 3.8) is 0 Å². The van der Waals surface area contributed by atoms with Gasteiger partial charge in [-0.1, -0.05) is 22.5 Å². The second kappa shape index (κ2) is 5.21. The van der Waals surface area contributed by atoms with Crippen LogP contribution in [0.1, 0.15) is 5.56 Å².